The first-order chi connectivity index (χ1) is 10.4. The van der Waals surface area contributed by atoms with E-state index in [0.29, 0.717) is 22.9 Å². The minimum absolute atomic E-state index is 0.0513. The van der Waals surface area contributed by atoms with E-state index in [-0.39, 0.29) is 17.4 Å². The summed E-state index contributed by atoms with van der Waals surface area (Å²) in [5, 5.41) is 17.0. The highest BCUT2D eigenvalue weighted by Crippen LogP contribution is 2.29. The highest BCUT2D eigenvalue weighted by molar-refractivity contribution is 7.80. The maximum atomic E-state index is 12.0. The van der Waals surface area contributed by atoms with E-state index in [1.165, 1.54) is 19.1 Å². The van der Waals surface area contributed by atoms with Gasteiger partial charge in [0, 0.05) is 12.1 Å². The molecule has 0 aromatic heterocycles. The van der Waals surface area contributed by atoms with Crippen LogP contribution in [-0.4, -0.2) is 22.4 Å². The molecule has 1 aliphatic rings. The van der Waals surface area contributed by atoms with Gasteiger partial charge in [0.15, 0.2) is 10.9 Å². The second-order valence-electron chi connectivity index (χ2n) is 4.62. The van der Waals surface area contributed by atoms with Crippen LogP contribution in [0, 0.1) is 10.1 Å². The van der Waals surface area contributed by atoms with Gasteiger partial charge in [0.2, 0.25) is 5.88 Å². The highest BCUT2D eigenvalue weighted by Gasteiger charge is 2.31. The number of thiocarbonyl (C=S) groups is 1. The third-order valence-corrected chi connectivity index (χ3v) is 3.34. The molecule has 8 heteroatoms. The Morgan fingerprint density at radius 1 is 1.50 bits per heavy atom. The van der Waals surface area contributed by atoms with E-state index in [4.69, 9.17) is 17.0 Å². The summed E-state index contributed by atoms with van der Waals surface area (Å²) in [6.07, 6.45) is 0. The standard InChI is InChI=1S/C14H15N3O4S/c1-3-21-13-11(8(2)18)12(15-14(22)16-13)9-5-4-6-10(7-9)17(19)20/h4-7,12H,3H2,1-2H3,(H2,15,16,22). The topological polar surface area (TPSA) is 93.5 Å². The van der Waals surface area contributed by atoms with Crippen LogP contribution in [0.1, 0.15) is 25.5 Å². The molecule has 0 bridgehead atoms. The number of carbonyl (C=O) groups excluding carboxylic acids is 1. The van der Waals surface area contributed by atoms with Crippen molar-refractivity contribution in [2.24, 2.45) is 0 Å². The van der Waals surface area contributed by atoms with Gasteiger partial charge in [-0.3, -0.25) is 14.9 Å². The molecule has 7 nitrogen and oxygen atoms in total. The van der Waals surface area contributed by atoms with Gasteiger partial charge in [-0.1, -0.05) is 12.1 Å². The Kier molecular flexibility index (Phi) is 4.71. The van der Waals surface area contributed by atoms with Gasteiger partial charge in [-0.25, -0.2) is 0 Å². The van der Waals surface area contributed by atoms with E-state index < -0.39 is 11.0 Å². The maximum absolute atomic E-state index is 12.0. The Balaban J connectivity index is 2.53. The van der Waals surface area contributed by atoms with E-state index in [0.717, 1.165) is 0 Å². The third-order valence-electron chi connectivity index (χ3n) is 3.12. The molecule has 0 aliphatic carbocycles. The average molecular weight is 321 g/mol. The molecule has 1 aliphatic heterocycles. The van der Waals surface area contributed by atoms with E-state index in [2.05, 4.69) is 10.6 Å². The molecule has 1 unspecified atom stereocenters. The second kappa shape index (κ2) is 6.52. The van der Waals surface area contributed by atoms with Gasteiger partial charge in [0.1, 0.15) is 0 Å². The molecule has 0 saturated heterocycles. The number of rotatable bonds is 5. The van der Waals surface area contributed by atoms with E-state index in [9.17, 15) is 14.9 Å². The Hall–Kier alpha value is -2.48. The van der Waals surface area contributed by atoms with Gasteiger partial charge >= 0.3 is 0 Å². The molecule has 0 saturated carbocycles. The summed E-state index contributed by atoms with van der Waals surface area (Å²) >= 11 is 5.12. The van der Waals surface area contributed by atoms with Crippen molar-refractivity contribution in [2.75, 3.05) is 6.61 Å². The summed E-state index contributed by atoms with van der Waals surface area (Å²) in [6.45, 7) is 3.57. The van der Waals surface area contributed by atoms with Gasteiger partial charge in [-0.15, -0.1) is 0 Å². The minimum atomic E-state index is -0.590. The molecule has 1 aromatic rings. The number of nitrogens with zero attached hydrogens (tertiary/aromatic N) is 1. The van der Waals surface area contributed by atoms with Crippen molar-refractivity contribution >= 4 is 28.8 Å². The van der Waals surface area contributed by atoms with Crippen molar-refractivity contribution in [3.05, 3.63) is 51.4 Å². The van der Waals surface area contributed by atoms with Gasteiger partial charge < -0.3 is 15.4 Å². The van der Waals surface area contributed by atoms with Gasteiger partial charge in [-0.05, 0) is 31.6 Å². The molecule has 0 amide bonds. The van der Waals surface area contributed by atoms with Gasteiger partial charge in [-0.2, -0.15) is 0 Å². The smallest absolute Gasteiger partial charge is 0.269 e. The Bertz CT molecular complexity index is 672. The number of hydrogen-bond donors (Lipinski definition) is 2. The van der Waals surface area contributed by atoms with Crippen LogP contribution in [0.4, 0.5) is 5.69 Å². The fourth-order valence-electron chi connectivity index (χ4n) is 2.23. The van der Waals surface area contributed by atoms with Crippen molar-refractivity contribution in [3.63, 3.8) is 0 Å². The number of nitro groups is 1. The molecular weight excluding hydrogens is 306 g/mol. The fraction of sp³-hybridized carbons (Fsp3) is 0.286. The van der Waals surface area contributed by atoms with Crippen LogP contribution < -0.4 is 10.6 Å². The zero-order valence-electron chi connectivity index (χ0n) is 12.1. The molecule has 0 fully saturated rings. The third kappa shape index (κ3) is 3.22. The van der Waals surface area contributed by atoms with E-state index in [1.807, 2.05) is 0 Å². The summed E-state index contributed by atoms with van der Waals surface area (Å²) in [5.74, 6) is 0.0812. The quantitative estimate of drug-likeness (QED) is 0.486. The predicted molar refractivity (Wildman–Crippen MR) is 84.0 cm³/mol. The van der Waals surface area contributed by atoms with Crippen LogP contribution >= 0.6 is 12.2 Å². The normalized spacial score (nSPS) is 17.5. The zero-order valence-corrected chi connectivity index (χ0v) is 12.9. The molecule has 1 heterocycles. The molecule has 2 N–H and O–H groups in total. The number of nitro benzene ring substituents is 1. The number of ketones is 1. The Labute approximate surface area is 132 Å². The van der Waals surface area contributed by atoms with Crippen molar-refractivity contribution in [1.29, 1.82) is 0 Å². The van der Waals surface area contributed by atoms with Gasteiger partial charge in [0.05, 0.1) is 23.1 Å². The maximum Gasteiger partial charge on any atom is 0.269 e. The highest BCUT2D eigenvalue weighted by atomic mass is 32.1. The van der Waals surface area contributed by atoms with Crippen LogP contribution in [0.5, 0.6) is 0 Å². The first-order valence-corrected chi connectivity index (χ1v) is 7.04. The van der Waals surface area contributed by atoms with E-state index >= 15 is 0 Å². The van der Waals surface area contributed by atoms with Crippen LogP contribution in [0.25, 0.3) is 0 Å². The largest absolute Gasteiger partial charge is 0.479 e. The van der Waals surface area contributed by atoms with Crippen molar-refractivity contribution in [1.82, 2.24) is 10.6 Å². The lowest BCUT2D eigenvalue weighted by Crippen LogP contribution is -2.45. The summed E-state index contributed by atoms with van der Waals surface area (Å²) in [6, 6.07) is 5.48. The lowest BCUT2D eigenvalue weighted by Gasteiger charge is -2.30. The summed E-state index contributed by atoms with van der Waals surface area (Å²) in [5.41, 5.74) is 0.876. The van der Waals surface area contributed by atoms with Crippen molar-refractivity contribution in [2.45, 2.75) is 19.9 Å². The molecule has 22 heavy (non-hydrogen) atoms. The zero-order chi connectivity index (χ0) is 16.3. The number of benzene rings is 1. The number of hydrogen-bond acceptors (Lipinski definition) is 5. The molecule has 0 radical (unpaired) electrons. The molecule has 0 spiro atoms. The predicted octanol–water partition coefficient (Wildman–Crippen LogP) is 1.95. The number of Topliss-reactive ketones (excluding diaryl/α,β-unsaturated/α-hetero) is 1. The number of ether oxygens (including phenoxy) is 1. The Morgan fingerprint density at radius 3 is 2.82 bits per heavy atom. The molecule has 2 rings (SSSR count). The Morgan fingerprint density at radius 2 is 2.23 bits per heavy atom. The first-order valence-electron chi connectivity index (χ1n) is 6.63. The fourth-order valence-corrected chi connectivity index (χ4v) is 2.44. The minimum Gasteiger partial charge on any atom is -0.479 e. The molecular formula is C14H15N3O4S. The van der Waals surface area contributed by atoms with Gasteiger partial charge in [0.25, 0.3) is 5.69 Å². The van der Waals surface area contributed by atoms with E-state index in [1.54, 1.807) is 19.1 Å². The SMILES string of the molecule is CCOC1=C(C(C)=O)C(c2cccc([N+](=O)[O-])c2)NC(=S)N1. The number of non-ortho nitro benzene ring substituents is 1. The van der Waals surface area contributed by atoms with Crippen LogP contribution in [0.2, 0.25) is 0 Å². The second-order valence-corrected chi connectivity index (χ2v) is 5.02. The lowest BCUT2D eigenvalue weighted by atomic mass is 9.95. The summed E-state index contributed by atoms with van der Waals surface area (Å²) in [7, 11) is 0. The number of nitrogens with one attached hydrogen (secondary N) is 2. The summed E-state index contributed by atoms with van der Waals surface area (Å²) < 4.78 is 5.44. The summed E-state index contributed by atoms with van der Waals surface area (Å²) in [4.78, 5) is 22.4. The lowest BCUT2D eigenvalue weighted by molar-refractivity contribution is -0.384. The molecule has 1 aromatic carbocycles. The first kappa shape index (κ1) is 15.9. The average Bonchev–Trinajstić information content (AvgIpc) is 2.46. The molecule has 116 valence electrons. The van der Waals surface area contributed by atoms with Crippen LogP contribution in [0.3, 0.4) is 0 Å². The van der Waals surface area contributed by atoms with Crippen molar-refractivity contribution in [3.8, 4) is 0 Å². The molecule has 1 atom stereocenters. The van der Waals surface area contributed by atoms with Crippen molar-refractivity contribution < 1.29 is 14.5 Å². The number of carbonyl (C=O) groups is 1. The monoisotopic (exact) mass is 321 g/mol. The van der Waals surface area contributed by atoms with Crippen LogP contribution in [-0.2, 0) is 9.53 Å². The van der Waals surface area contributed by atoms with Crippen LogP contribution in [0.15, 0.2) is 35.7 Å².